The molecule has 0 saturated heterocycles. The Morgan fingerprint density at radius 1 is 1.31 bits per heavy atom. The van der Waals surface area contributed by atoms with Gasteiger partial charge in [0.05, 0.1) is 6.10 Å². The molecule has 6 heteroatoms. The van der Waals surface area contributed by atoms with Gasteiger partial charge in [-0.2, -0.15) is 0 Å². The molecule has 0 aliphatic rings. The lowest BCUT2D eigenvalue weighted by atomic mass is 10.1. The Hall–Kier alpha value is -1.53. The molecule has 0 bridgehead atoms. The van der Waals surface area contributed by atoms with Gasteiger partial charge in [-0.3, -0.25) is 0 Å². The second-order valence-electron chi connectivity index (χ2n) is 3.18. The first-order chi connectivity index (χ1) is 7.60. The number of aliphatic hydroxyl groups excluding tert-OH is 1. The van der Waals surface area contributed by atoms with Crippen LogP contribution >= 0.6 is 0 Å². The van der Waals surface area contributed by atoms with Crippen LogP contribution in [0, 0.1) is 0 Å². The molecule has 5 nitrogen and oxygen atoms in total. The molecule has 1 aromatic rings. The number of rotatable bonds is 5. The summed E-state index contributed by atoms with van der Waals surface area (Å²) in [6.45, 7) is -1.03. The van der Waals surface area contributed by atoms with Crippen molar-refractivity contribution in [2.45, 2.75) is 6.10 Å². The number of nitrogens with two attached hydrogens (primary N) is 1. The Balaban J connectivity index is 2.97. The summed E-state index contributed by atoms with van der Waals surface area (Å²) in [7, 11) is 0. The van der Waals surface area contributed by atoms with E-state index in [2.05, 4.69) is 0 Å². The van der Waals surface area contributed by atoms with E-state index in [4.69, 9.17) is 10.5 Å². The summed E-state index contributed by atoms with van der Waals surface area (Å²) in [6.07, 6.45) is -0.980. The first kappa shape index (κ1) is 12.5. The molecule has 16 heavy (non-hydrogen) atoms. The summed E-state index contributed by atoms with van der Waals surface area (Å²) < 4.78 is 16.7. The Kier molecular flexibility index (Phi) is 4.33. The predicted octanol–water partition coefficient (Wildman–Crippen LogP) is 0.438. The van der Waals surface area contributed by atoms with Crippen molar-refractivity contribution in [2.24, 2.45) is 5.73 Å². The maximum absolute atomic E-state index is 11.9. The third-order valence-electron chi connectivity index (χ3n) is 2.00. The third kappa shape index (κ3) is 2.74. The fourth-order valence-electron chi connectivity index (χ4n) is 1.24. The number of phenolic OH excluding ortho intramolecular Hbond substituents is 2. The van der Waals surface area contributed by atoms with E-state index in [-0.39, 0.29) is 36.0 Å². The molecule has 0 aliphatic carbocycles. The lowest BCUT2D eigenvalue weighted by Gasteiger charge is -2.13. The summed E-state index contributed by atoms with van der Waals surface area (Å²) in [5.41, 5.74) is 5.50. The molecule has 0 amide bonds. The lowest BCUT2D eigenvalue weighted by Crippen LogP contribution is -2.11. The monoisotopic (exact) mass is 231 g/mol. The zero-order valence-electron chi connectivity index (χ0n) is 8.56. The second-order valence-corrected chi connectivity index (χ2v) is 3.18. The number of hydrogen-bond acceptors (Lipinski definition) is 5. The van der Waals surface area contributed by atoms with Crippen molar-refractivity contribution in [2.75, 3.05) is 19.8 Å². The molecular weight excluding hydrogens is 217 g/mol. The van der Waals surface area contributed by atoms with Crippen molar-refractivity contribution in [3.8, 4) is 17.2 Å². The highest BCUT2D eigenvalue weighted by atomic mass is 19.1. The van der Waals surface area contributed by atoms with Crippen LogP contribution in [0.3, 0.4) is 0 Å². The van der Waals surface area contributed by atoms with E-state index in [1.165, 1.54) is 12.1 Å². The zero-order valence-corrected chi connectivity index (χ0v) is 8.56. The minimum absolute atomic E-state index is 0.0381. The molecule has 1 atom stereocenters. The van der Waals surface area contributed by atoms with Gasteiger partial charge < -0.3 is 25.8 Å². The number of hydrogen-bond donors (Lipinski definition) is 4. The molecule has 0 saturated carbocycles. The minimum Gasteiger partial charge on any atom is -0.504 e. The Labute approximate surface area is 91.9 Å². The van der Waals surface area contributed by atoms with Crippen molar-refractivity contribution in [1.82, 2.24) is 0 Å². The average molecular weight is 231 g/mol. The normalized spacial score (nSPS) is 12.4. The van der Waals surface area contributed by atoms with Gasteiger partial charge in [-0.15, -0.1) is 0 Å². The van der Waals surface area contributed by atoms with Gasteiger partial charge in [0.2, 0.25) is 5.75 Å². The van der Waals surface area contributed by atoms with Gasteiger partial charge in [0.1, 0.15) is 13.3 Å². The van der Waals surface area contributed by atoms with Gasteiger partial charge in [-0.25, -0.2) is 4.39 Å². The molecule has 0 aliphatic heterocycles. The lowest BCUT2D eigenvalue weighted by molar-refractivity contribution is 0.185. The predicted molar refractivity (Wildman–Crippen MR) is 55.3 cm³/mol. The SMILES string of the molecule is NC[C@H](O)c1cc(O)c(OCCF)c(O)c1. The van der Waals surface area contributed by atoms with Crippen LogP contribution in [0.2, 0.25) is 0 Å². The molecule has 1 aromatic carbocycles. The van der Waals surface area contributed by atoms with E-state index < -0.39 is 12.8 Å². The topological polar surface area (TPSA) is 95.9 Å². The van der Waals surface area contributed by atoms with Crippen LogP contribution in [-0.2, 0) is 0 Å². The van der Waals surface area contributed by atoms with Crippen molar-refractivity contribution in [3.05, 3.63) is 17.7 Å². The summed E-state index contributed by atoms with van der Waals surface area (Å²) in [4.78, 5) is 0. The van der Waals surface area contributed by atoms with Crippen LogP contribution in [0.15, 0.2) is 12.1 Å². The van der Waals surface area contributed by atoms with Crippen LogP contribution in [0.1, 0.15) is 11.7 Å². The molecule has 0 radical (unpaired) electrons. The van der Waals surface area contributed by atoms with Crippen LogP contribution in [0.4, 0.5) is 4.39 Å². The maximum atomic E-state index is 11.9. The number of aromatic hydroxyl groups is 2. The molecule has 0 unspecified atom stereocenters. The molecular formula is C10H14FNO4. The Morgan fingerprint density at radius 3 is 2.31 bits per heavy atom. The van der Waals surface area contributed by atoms with Gasteiger partial charge in [0.25, 0.3) is 0 Å². The third-order valence-corrected chi connectivity index (χ3v) is 2.00. The molecule has 5 N–H and O–H groups in total. The number of benzene rings is 1. The van der Waals surface area contributed by atoms with Crippen molar-refractivity contribution in [3.63, 3.8) is 0 Å². The van der Waals surface area contributed by atoms with E-state index in [0.717, 1.165) is 0 Å². The largest absolute Gasteiger partial charge is 0.504 e. The maximum Gasteiger partial charge on any atom is 0.203 e. The molecule has 0 aromatic heterocycles. The van der Waals surface area contributed by atoms with Crippen LogP contribution in [0.25, 0.3) is 0 Å². The zero-order chi connectivity index (χ0) is 12.1. The summed E-state index contributed by atoms with van der Waals surface area (Å²) in [5.74, 6) is -0.933. The standard InChI is InChI=1S/C10H14FNO4/c11-1-2-16-10-7(13)3-6(4-8(10)14)9(15)5-12/h3-4,9,13-15H,1-2,5,12H2/t9-/m0/s1. The van der Waals surface area contributed by atoms with Crippen molar-refractivity contribution < 1.29 is 24.4 Å². The van der Waals surface area contributed by atoms with Crippen LogP contribution < -0.4 is 10.5 Å². The van der Waals surface area contributed by atoms with Gasteiger partial charge in [-0.1, -0.05) is 0 Å². The van der Waals surface area contributed by atoms with Gasteiger partial charge in [-0.05, 0) is 17.7 Å². The van der Waals surface area contributed by atoms with Crippen LogP contribution in [0.5, 0.6) is 17.2 Å². The van der Waals surface area contributed by atoms with Gasteiger partial charge in [0.15, 0.2) is 11.5 Å². The molecule has 0 heterocycles. The summed E-state index contributed by atoms with van der Waals surface area (Å²) >= 11 is 0. The number of aliphatic hydroxyl groups is 1. The molecule has 0 spiro atoms. The highest BCUT2D eigenvalue weighted by Crippen LogP contribution is 2.38. The van der Waals surface area contributed by atoms with E-state index in [0.29, 0.717) is 0 Å². The first-order valence-corrected chi connectivity index (χ1v) is 4.73. The fourth-order valence-corrected chi connectivity index (χ4v) is 1.24. The quantitative estimate of drug-likeness (QED) is 0.589. The van der Waals surface area contributed by atoms with E-state index in [1.807, 2.05) is 0 Å². The number of ether oxygens (including phenoxy) is 1. The fraction of sp³-hybridized carbons (Fsp3) is 0.400. The molecule has 0 fully saturated rings. The van der Waals surface area contributed by atoms with E-state index in [1.54, 1.807) is 0 Å². The Morgan fingerprint density at radius 2 is 1.88 bits per heavy atom. The highest BCUT2D eigenvalue weighted by Gasteiger charge is 2.14. The second kappa shape index (κ2) is 5.53. The first-order valence-electron chi connectivity index (χ1n) is 4.73. The van der Waals surface area contributed by atoms with Crippen molar-refractivity contribution in [1.29, 1.82) is 0 Å². The Bertz CT molecular complexity index is 336. The minimum atomic E-state index is -0.980. The smallest absolute Gasteiger partial charge is 0.203 e. The average Bonchev–Trinajstić information content (AvgIpc) is 2.26. The van der Waals surface area contributed by atoms with Crippen molar-refractivity contribution >= 4 is 0 Å². The van der Waals surface area contributed by atoms with Gasteiger partial charge in [0, 0.05) is 6.54 Å². The molecule has 90 valence electrons. The molecule has 1 rings (SSSR count). The summed E-state index contributed by atoms with van der Waals surface area (Å²) in [5, 5.41) is 28.4. The van der Waals surface area contributed by atoms with Crippen LogP contribution in [-0.4, -0.2) is 35.1 Å². The summed E-state index contributed by atoms with van der Waals surface area (Å²) in [6, 6.07) is 2.43. The number of halogens is 1. The van der Waals surface area contributed by atoms with Gasteiger partial charge >= 0.3 is 0 Å². The number of phenols is 2. The highest BCUT2D eigenvalue weighted by molar-refractivity contribution is 5.52. The van der Waals surface area contributed by atoms with E-state index >= 15 is 0 Å². The van der Waals surface area contributed by atoms with E-state index in [9.17, 15) is 19.7 Å². The number of alkyl halides is 1.